The van der Waals surface area contributed by atoms with E-state index < -0.39 is 24.3 Å². The quantitative estimate of drug-likeness (QED) is 0.816. The Bertz CT molecular complexity index is 710. The number of benzene rings is 1. The summed E-state index contributed by atoms with van der Waals surface area (Å²) in [5.41, 5.74) is -0.00239. The molecule has 1 N–H and O–H groups in total. The third-order valence-corrected chi connectivity index (χ3v) is 3.39. The molecule has 0 radical (unpaired) electrons. The Kier molecular flexibility index (Phi) is 5.46. The first kappa shape index (κ1) is 16.4. The van der Waals surface area contributed by atoms with Crippen LogP contribution in [0.4, 0.5) is 10.2 Å². The third kappa shape index (κ3) is 4.51. The monoisotopic (exact) mass is 386 g/mol. The molecule has 0 aliphatic heterocycles. The Morgan fingerprint density at radius 3 is 2.77 bits per heavy atom. The molecule has 1 heterocycles. The number of nitrogens with zero attached hydrogens (tertiary/aromatic N) is 1. The number of hydrogen-bond acceptors (Lipinski definition) is 4. The zero-order valence-corrected chi connectivity index (χ0v) is 13.3. The van der Waals surface area contributed by atoms with Crippen molar-refractivity contribution in [3.05, 3.63) is 57.4 Å². The molecular formula is C14H9BrClFN2O3. The number of amides is 1. The summed E-state index contributed by atoms with van der Waals surface area (Å²) in [5.74, 6) is -1.69. The van der Waals surface area contributed by atoms with Gasteiger partial charge in [0.05, 0.1) is 10.6 Å². The fourth-order valence-electron chi connectivity index (χ4n) is 1.49. The maximum Gasteiger partial charge on any atom is 0.339 e. The van der Waals surface area contributed by atoms with Crippen LogP contribution in [0.1, 0.15) is 10.4 Å². The van der Waals surface area contributed by atoms with Crippen LogP contribution in [0.3, 0.4) is 0 Å². The molecule has 0 atom stereocenters. The van der Waals surface area contributed by atoms with Crippen LogP contribution in [-0.4, -0.2) is 23.5 Å². The number of halogens is 3. The van der Waals surface area contributed by atoms with Crippen molar-refractivity contribution in [2.24, 2.45) is 0 Å². The predicted molar refractivity (Wildman–Crippen MR) is 82.3 cm³/mol. The first-order valence-electron chi connectivity index (χ1n) is 5.99. The van der Waals surface area contributed by atoms with Crippen LogP contribution in [0, 0.1) is 5.82 Å². The molecule has 1 amide bonds. The molecule has 0 aliphatic carbocycles. The van der Waals surface area contributed by atoms with Gasteiger partial charge in [0.25, 0.3) is 5.91 Å². The minimum absolute atomic E-state index is 0.00239. The number of ether oxygens (including phenoxy) is 1. The van der Waals surface area contributed by atoms with E-state index in [2.05, 4.69) is 26.2 Å². The summed E-state index contributed by atoms with van der Waals surface area (Å²) in [7, 11) is 0. The molecule has 0 spiro atoms. The van der Waals surface area contributed by atoms with E-state index >= 15 is 0 Å². The minimum Gasteiger partial charge on any atom is -0.452 e. The summed E-state index contributed by atoms with van der Waals surface area (Å²) in [4.78, 5) is 27.3. The minimum atomic E-state index is -0.814. The van der Waals surface area contributed by atoms with Gasteiger partial charge in [-0.25, -0.2) is 14.2 Å². The van der Waals surface area contributed by atoms with Crippen molar-refractivity contribution in [1.29, 1.82) is 0 Å². The summed E-state index contributed by atoms with van der Waals surface area (Å²) in [6, 6.07) is 6.65. The van der Waals surface area contributed by atoms with Gasteiger partial charge >= 0.3 is 5.97 Å². The first-order valence-corrected chi connectivity index (χ1v) is 7.16. The second-order valence-corrected chi connectivity index (χ2v) is 5.40. The van der Waals surface area contributed by atoms with Gasteiger partial charge in [-0.2, -0.15) is 0 Å². The largest absolute Gasteiger partial charge is 0.452 e. The molecular weight excluding hydrogens is 379 g/mol. The van der Waals surface area contributed by atoms with E-state index in [-0.39, 0.29) is 11.4 Å². The summed E-state index contributed by atoms with van der Waals surface area (Å²) in [6.45, 7) is -0.522. The Morgan fingerprint density at radius 1 is 1.32 bits per heavy atom. The topological polar surface area (TPSA) is 68.3 Å². The van der Waals surface area contributed by atoms with Crippen molar-refractivity contribution in [1.82, 2.24) is 4.98 Å². The number of nitrogens with one attached hydrogen (secondary N) is 1. The number of carbonyl (C=O) groups is 2. The van der Waals surface area contributed by atoms with Crippen molar-refractivity contribution in [2.45, 2.75) is 0 Å². The molecule has 0 saturated heterocycles. The number of esters is 1. The first-order chi connectivity index (χ1) is 10.5. The number of aromatic nitrogens is 1. The lowest BCUT2D eigenvalue weighted by atomic mass is 10.2. The molecule has 1 aromatic carbocycles. The van der Waals surface area contributed by atoms with E-state index in [0.717, 1.165) is 6.07 Å². The van der Waals surface area contributed by atoms with Crippen molar-refractivity contribution in [3.8, 4) is 0 Å². The molecule has 0 aliphatic rings. The van der Waals surface area contributed by atoms with Gasteiger partial charge in [-0.3, -0.25) is 4.79 Å². The van der Waals surface area contributed by atoms with E-state index in [1.165, 1.54) is 24.4 Å². The zero-order chi connectivity index (χ0) is 16.1. The fraction of sp³-hybridized carbons (Fsp3) is 0.0714. The summed E-state index contributed by atoms with van der Waals surface area (Å²) in [5, 5.41) is 2.86. The molecule has 2 aromatic rings. The molecule has 0 bridgehead atoms. The average Bonchev–Trinajstić information content (AvgIpc) is 2.49. The highest BCUT2D eigenvalue weighted by molar-refractivity contribution is 9.10. The summed E-state index contributed by atoms with van der Waals surface area (Å²) >= 11 is 8.77. The van der Waals surface area contributed by atoms with Crippen LogP contribution < -0.4 is 5.32 Å². The third-order valence-electron chi connectivity index (χ3n) is 2.48. The van der Waals surface area contributed by atoms with Gasteiger partial charge in [0.1, 0.15) is 11.6 Å². The Morgan fingerprint density at radius 2 is 2.09 bits per heavy atom. The van der Waals surface area contributed by atoms with Gasteiger partial charge in [-0.1, -0.05) is 11.6 Å². The van der Waals surface area contributed by atoms with Crippen molar-refractivity contribution in [2.75, 3.05) is 11.9 Å². The normalized spacial score (nSPS) is 10.1. The Labute approximate surface area is 138 Å². The maximum absolute atomic E-state index is 13.1. The van der Waals surface area contributed by atoms with Gasteiger partial charge < -0.3 is 10.1 Å². The second kappa shape index (κ2) is 7.33. The van der Waals surface area contributed by atoms with Crippen LogP contribution in [0.2, 0.25) is 5.02 Å². The zero-order valence-electron chi connectivity index (χ0n) is 11.0. The summed E-state index contributed by atoms with van der Waals surface area (Å²) < 4.78 is 18.3. The highest BCUT2D eigenvalue weighted by atomic mass is 79.9. The van der Waals surface area contributed by atoms with Crippen LogP contribution >= 0.6 is 27.5 Å². The number of pyridine rings is 1. The van der Waals surface area contributed by atoms with Crippen molar-refractivity contribution in [3.63, 3.8) is 0 Å². The van der Waals surface area contributed by atoms with Gasteiger partial charge in [-0.15, -0.1) is 0 Å². The van der Waals surface area contributed by atoms with Crippen LogP contribution in [0.25, 0.3) is 0 Å². The Hall–Kier alpha value is -1.99. The standard InChI is InChI=1S/C14H9BrClFN2O3/c15-11-3-2-9(17)5-10(11)14(21)22-7-13(20)19-12-4-1-8(16)6-18-12/h1-6H,7H2,(H,18,19,20). The molecule has 0 fully saturated rings. The number of rotatable bonds is 4. The number of hydrogen-bond donors (Lipinski definition) is 1. The SMILES string of the molecule is O=C(COC(=O)c1cc(F)ccc1Br)Nc1ccc(Cl)cn1. The van der Waals surface area contributed by atoms with Crippen LogP contribution in [0.5, 0.6) is 0 Å². The fourth-order valence-corrected chi connectivity index (χ4v) is 2.01. The van der Waals surface area contributed by atoms with Crippen molar-refractivity contribution < 1.29 is 18.7 Å². The molecule has 1 aromatic heterocycles. The predicted octanol–water partition coefficient (Wildman–Crippen LogP) is 3.43. The van der Waals surface area contributed by atoms with E-state index in [9.17, 15) is 14.0 Å². The molecule has 114 valence electrons. The van der Waals surface area contributed by atoms with E-state index in [0.29, 0.717) is 9.50 Å². The van der Waals surface area contributed by atoms with E-state index in [1.807, 2.05) is 0 Å². The van der Waals surface area contributed by atoms with Gasteiger partial charge in [-0.05, 0) is 46.3 Å². The van der Waals surface area contributed by atoms with Gasteiger partial charge in [0, 0.05) is 10.7 Å². The molecule has 0 unspecified atom stereocenters. The number of anilines is 1. The van der Waals surface area contributed by atoms with Gasteiger partial charge in [0.15, 0.2) is 6.61 Å². The van der Waals surface area contributed by atoms with Crippen molar-refractivity contribution >= 4 is 45.2 Å². The smallest absolute Gasteiger partial charge is 0.339 e. The second-order valence-electron chi connectivity index (χ2n) is 4.11. The lowest BCUT2D eigenvalue weighted by molar-refractivity contribution is -0.119. The number of carbonyl (C=O) groups excluding carboxylic acids is 2. The molecule has 0 saturated carbocycles. The highest BCUT2D eigenvalue weighted by Gasteiger charge is 2.14. The molecule has 8 heteroatoms. The van der Waals surface area contributed by atoms with Crippen LogP contribution in [0.15, 0.2) is 41.0 Å². The highest BCUT2D eigenvalue weighted by Crippen LogP contribution is 2.18. The summed E-state index contributed by atoms with van der Waals surface area (Å²) in [6.07, 6.45) is 1.37. The Balaban J connectivity index is 1.91. The van der Waals surface area contributed by atoms with Crippen LogP contribution in [-0.2, 0) is 9.53 Å². The molecule has 22 heavy (non-hydrogen) atoms. The lowest BCUT2D eigenvalue weighted by Crippen LogP contribution is -2.21. The maximum atomic E-state index is 13.1. The molecule has 5 nitrogen and oxygen atoms in total. The molecule has 2 rings (SSSR count). The van der Waals surface area contributed by atoms with E-state index in [1.54, 1.807) is 6.07 Å². The lowest BCUT2D eigenvalue weighted by Gasteiger charge is -2.07. The van der Waals surface area contributed by atoms with E-state index in [4.69, 9.17) is 16.3 Å². The van der Waals surface area contributed by atoms with Gasteiger partial charge in [0.2, 0.25) is 0 Å². The average molecular weight is 388 g/mol.